The van der Waals surface area contributed by atoms with Gasteiger partial charge in [0.25, 0.3) is 5.91 Å². The number of carboxylic acids is 1. The highest BCUT2D eigenvalue weighted by atomic mass is 16.4. The average Bonchev–Trinajstić information content (AvgIpc) is 3.08. The summed E-state index contributed by atoms with van der Waals surface area (Å²) in [6.45, 7) is 1.98. The van der Waals surface area contributed by atoms with Crippen LogP contribution in [0.1, 0.15) is 40.6 Å². The summed E-state index contributed by atoms with van der Waals surface area (Å²) in [4.78, 5) is 34.9. The van der Waals surface area contributed by atoms with E-state index < -0.39 is 17.9 Å². The van der Waals surface area contributed by atoms with Crippen LogP contribution >= 0.6 is 0 Å². The molecule has 0 aliphatic rings. The first-order chi connectivity index (χ1) is 12.0. The summed E-state index contributed by atoms with van der Waals surface area (Å²) in [5.74, 6) is -1.57. The normalized spacial score (nSPS) is 11.6. The molecule has 7 heteroatoms. The van der Waals surface area contributed by atoms with Gasteiger partial charge in [-0.25, -0.2) is 0 Å². The Balaban J connectivity index is 1.90. The number of benzene rings is 1. The van der Waals surface area contributed by atoms with Crippen LogP contribution in [0, 0.1) is 6.92 Å². The van der Waals surface area contributed by atoms with E-state index in [0.29, 0.717) is 0 Å². The number of hydrogen-bond donors (Lipinski definition) is 3. The van der Waals surface area contributed by atoms with Crippen molar-refractivity contribution in [1.29, 1.82) is 0 Å². The molecule has 2 amide bonds. The third kappa shape index (κ3) is 5.49. The van der Waals surface area contributed by atoms with Gasteiger partial charge in [0.2, 0.25) is 5.91 Å². The standard InChI is InChI=1S/C18H20N2O5/c1-12-5-2-3-6-13(12)14(11-17(22)23)20-16(21)8-9-19-18(24)15-7-4-10-25-15/h2-7,10,14H,8-9,11H2,1H3,(H,19,24)(H,20,21)(H,22,23). The van der Waals surface area contributed by atoms with Crippen molar-refractivity contribution in [1.82, 2.24) is 10.6 Å². The molecule has 0 aliphatic heterocycles. The topological polar surface area (TPSA) is 109 Å². The van der Waals surface area contributed by atoms with E-state index in [1.807, 2.05) is 19.1 Å². The largest absolute Gasteiger partial charge is 0.481 e. The second-order valence-electron chi connectivity index (χ2n) is 5.56. The molecule has 3 N–H and O–H groups in total. The Morgan fingerprint density at radius 3 is 2.56 bits per heavy atom. The monoisotopic (exact) mass is 344 g/mol. The third-order valence-electron chi connectivity index (χ3n) is 3.66. The molecule has 2 rings (SSSR count). The fourth-order valence-electron chi connectivity index (χ4n) is 2.44. The van der Waals surface area contributed by atoms with Crippen LogP contribution in [0.15, 0.2) is 47.1 Å². The first kappa shape index (κ1) is 18.3. The molecule has 0 saturated carbocycles. The second-order valence-corrected chi connectivity index (χ2v) is 5.56. The molecule has 1 aromatic carbocycles. The minimum atomic E-state index is -1.00. The van der Waals surface area contributed by atoms with E-state index in [-0.39, 0.29) is 31.1 Å². The van der Waals surface area contributed by atoms with E-state index in [0.717, 1.165) is 11.1 Å². The molecule has 0 aliphatic carbocycles. The van der Waals surface area contributed by atoms with Gasteiger partial charge >= 0.3 is 5.97 Å². The van der Waals surface area contributed by atoms with Crippen molar-refractivity contribution in [3.8, 4) is 0 Å². The Kier molecular flexibility index (Phi) is 6.33. The average molecular weight is 344 g/mol. The predicted molar refractivity (Wildman–Crippen MR) is 90.0 cm³/mol. The van der Waals surface area contributed by atoms with Gasteiger partial charge in [-0.3, -0.25) is 14.4 Å². The van der Waals surface area contributed by atoms with Crippen LogP contribution in [0.5, 0.6) is 0 Å². The van der Waals surface area contributed by atoms with Crippen molar-refractivity contribution in [2.24, 2.45) is 0 Å². The quantitative estimate of drug-likeness (QED) is 0.679. The Morgan fingerprint density at radius 2 is 1.92 bits per heavy atom. The van der Waals surface area contributed by atoms with Crippen molar-refractivity contribution in [2.75, 3.05) is 6.54 Å². The molecule has 0 spiro atoms. The molecule has 7 nitrogen and oxygen atoms in total. The summed E-state index contributed by atoms with van der Waals surface area (Å²) in [7, 11) is 0. The molecule has 1 unspecified atom stereocenters. The maximum Gasteiger partial charge on any atom is 0.305 e. The lowest BCUT2D eigenvalue weighted by atomic mass is 9.98. The van der Waals surface area contributed by atoms with Crippen molar-refractivity contribution >= 4 is 17.8 Å². The Morgan fingerprint density at radius 1 is 1.16 bits per heavy atom. The van der Waals surface area contributed by atoms with Crippen LogP contribution < -0.4 is 10.6 Å². The van der Waals surface area contributed by atoms with Gasteiger partial charge in [-0.15, -0.1) is 0 Å². The molecule has 1 aromatic heterocycles. The molecule has 132 valence electrons. The van der Waals surface area contributed by atoms with Crippen LogP contribution in [-0.2, 0) is 9.59 Å². The molecule has 25 heavy (non-hydrogen) atoms. The van der Waals surface area contributed by atoms with Gasteiger partial charge in [0.1, 0.15) is 0 Å². The molecular formula is C18H20N2O5. The predicted octanol–water partition coefficient (Wildman–Crippen LogP) is 2.04. The molecule has 0 bridgehead atoms. The number of carbonyl (C=O) groups is 3. The zero-order valence-electron chi connectivity index (χ0n) is 13.8. The lowest BCUT2D eigenvalue weighted by Crippen LogP contribution is -2.34. The Labute approximate surface area is 145 Å². The number of carboxylic acid groups (broad SMARTS) is 1. The number of hydrogen-bond acceptors (Lipinski definition) is 4. The van der Waals surface area contributed by atoms with E-state index in [1.54, 1.807) is 18.2 Å². The highest BCUT2D eigenvalue weighted by Gasteiger charge is 2.19. The van der Waals surface area contributed by atoms with Crippen LogP contribution in [0.25, 0.3) is 0 Å². The third-order valence-corrected chi connectivity index (χ3v) is 3.66. The van der Waals surface area contributed by atoms with Crippen LogP contribution in [0.2, 0.25) is 0 Å². The van der Waals surface area contributed by atoms with Gasteiger partial charge in [0, 0.05) is 13.0 Å². The maximum atomic E-state index is 12.1. The summed E-state index contributed by atoms with van der Waals surface area (Å²) in [6, 6.07) is 9.81. The fourth-order valence-corrected chi connectivity index (χ4v) is 2.44. The molecular weight excluding hydrogens is 324 g/mol. The minimum Gasteiger partial charge on any atom is -0.481 e. The van der Waals surface area contributed by atoms with Crippen molar-refractivity contribution in [3.05, 3.63) is 59.5 Å². The molecule has 0 saturated heterocycles. The summed E-state index contributed by atoms with van der Waals surface area (Å²) < 4.78 is 4.95. The summed E-state index contributed by atoms with van der Waals surface area (Å²) >= 11 is 0. The molecule has 0 radical (unpaired) electrons. The van der Waals surface area contributed by atoms with Crippen LogP contribution in [0.4, 0.5) is 0 Å². The van der Waals surface area contributed by atoms with Crippen molar-refractivity contribution in [2.45, 2.75) is 25.8 Å². The number of aliphatic carboxylic acids is 1. The molecule has 2 aromatic rings. The molecule has 0 fully saturated rings. The van der Waals surface area contributed by atoms with Gasteiger partial charge in [-0.2, -0.15) is 0 Å². The van der Waals surface area contributed by atoms with Crippen molar-refractivity contribution < 1.29 is 23.9 Å². The number of aryl methyl sites for hydroxylation is 1. The number of rotatable bonds is 8. The highest BCUT2D eigenvalue weighted by Crippen LogP contribution is 2.20. The first-order valence-electron chi connectivity index (χ1n) is 7.85. The smallest absolute Gasteiger partial charge is 0.305 e. The number of furan rings is 1. The zero-order valence-corrected chi connectivity index (χ0v) is 13.8. The van der Waals surface area contributed by atoms with Gasteiger partial charge in [-0.1, -0.05) is 24.3 Å². The Bertz CT molecular complexity index is 740. The maximum absolute atomic E-state index is 12.1. The van der Waals surface area contributed by atoms with Crippen molar-refractivity contribution in [3.63, 3.8) is 0 Å². The molecule has 1 atom stereocenters. The van der Waals surface area contributed by atoms with E-state index in [1.165, 1.54) is 12.3 Å². The Hall–Kier alpha value is -3.09. The van der Waals surface area contributed by atoms with Crippen LogP contribution in [0.3, 0.4) is 0 Å². The number of amides is 2. The zero-order chi connectivity index (χ0) is 18.2. The van der Waals surface area contributed by atoms with Gasteiger partial charge in [-0.05, 0) is 30.2 Å². The number of nitrogens with one attached hydrogen (secondary N) is 2. The van der Waals surface area contributed by atoms with E-state index in [9.17, 15) is 14.4 Å². The van der Waals surface area contributed by atoms with E-state index in [2.05, 4.69) is 10.6 Å². The highest BCUT2D eigenvalue weighted by molar-refractivity contribution is 5.91. The lowest BCUT2D eigenvalue weighted by molar-refractivity contribution is -0.137. The van der Waals surface area contributed by atoms with Gasteiger partial charge < -0.3 is 20.2 Å². The summed E-state index contributed by atoms with van der Waals surface area (Å²) in [5.41, 5.74) is 1.66. The number of carbonyl (C=O) groups excluding carboxylic acids is 2. The van der Waals surface area contributed by atoms with E-state index >= 15 is 0 Å². The SMILES string of the molecule is Cc1ccccc1C(CC(=O)O)NC(=O)CCNC(=O)c1ccco1. The lowest BCUT2D eigenvalue weighted by Gasteiger charge is -2.19. The fraction of sp³-hybridized carbons (Fsp3) is 0.278. The summed E-state index contributed by atoms with van der Waals surface area (Å²) in [6.07, 6.45) is 1.21. The minimum absolute atomic E-state index is 0.0362. The van der Waals surface area contributed by atoms with Gasteiger partial charge in [0.15, 0.2) is 5.76 Å². The van der Waals surface area contributed by atoms with E-state index in [4.69, 9.17) is 9.52 Å². The summed E-state index contributed by atoms with van der Waals surface area (Å²) in [5, 5.41) is 14.4. The second kappa shape index (κ2) is 8.68. The van der Waals surface area contributed by atoms with Gasteiger partial charge in [0.05, 0.1) is 18.7 Å². The first-order valence-corrected chi connectivity index (χ1v) is 7.85. The van der Waals surface area contributed by atoms with Crippen LogP contribution in [-0.4, -0.2) is 29.4 Å². The molecule has 1 heterocycles.